The van der Waals surface area contributed by atoms with Crippen LogP contribution in [-0.4, -0.2) is 39.5 Å². The number of carbonyl (C=O) groups excluding carboxylic acids is 2. The fourth-order valence-corrected chi connectivity index (χ4v) is 2.40. The number of amides is 3. The van der Waals surface area contributed by atoms with Crippen LogP contribution in [-0.2, 0) is 23.9 Å². The quantitative estimate of drug-likeness (QED) is 0.803. The highest BCUT2D eigenvalue weighted by atomic mass is 19.4. The van der Waals surface area contributed by atoms with Crippen molar-refractivity contribution in [2.24, 2.45) is 5.73 Å². The number of hydrogen-bond acceptors (Lipinski definition) is 3. The van der Waals surface area contributed by atoms with Crippen molar-refractivity contribution in [3.05, 3.63) is 48.0 Å². The number of benzene rings is 1. The van der Waals surface area contributed by atoms with Crippen LogP contribution in [0.2, 0.25) is 0 Å². The Balaban J connectivity index is 1.98. The van der Waals surface area contributed by atoms with Gasteiger partial charge in [0.05, 0.1) is 5.56 Å². The van der Waals surface area contributed by atoms with Gasteiger partial charge in [-0.05, 0) is 31.2 Å². The van der Waals surface area contributed by atoms with Crippen LogP contribution in [0.1, 0.15) is 18.3 Å². The lowest BCUT2D eigenvalue weighted by Gasteiger charge is -2.25. The van der Waals surface area contributed by atoms with Crippen LogP contribution in [0.3, 0.4) is 0 Å². The van der Waals surface area contributed by atoms with Crippen LogP contribution in [0.15, 0.2) is 36.7 Å². The minimum atomic E-state index is -4.43. The monoisotopic (exact) mass is 383 g/mol. The minimum absolute atomic E-state index is 0.0104. The highest BCUT2D eigenvalue weighted by Crippen LogP contribution is 2.29. The van der Waals surface area contributed by atoms with Crippen molar-refractivity contribution in [2.45, 2.75) is 32.1 Å². The zero-order valence-electron chi connectivity index (χ0n) is 14.8. The van der Waals surface area contributed by atoms with Crippen molar-refractivity contribution in [2.75, 3.05) is 12.4 Å². The van der Waals surface area contributed by atoms with Gasteiger partial charge in [-0.25, -0.2) is 9.78 Å². The van der Waals surface area contributed by atoms with E-state index >= 15 is 0 Å². The van der Waals surface area contributed by atoms with E-state index < -0.39 is 23.7 Å². The average molecular weight is 383 g/mol. The van der Waals surface area contributed by atoms with Gasteiger partial charge in [0.2, 0.25) is 5.91 Å². The predicted octanol–water partition coefficient (Wildman–Crippen LogP) is 2.48. The summed E-state index contributed by atoms with van der Waals surface area (Å²) in [6, 6.07) is 3.43. The number of nitrogens with zero attached hydrogens (tertiary/aromatic N) is 3. The first-order valence-corrected chi connectivity index (χ1v) is 8.07. The molecule has 3 N–H and O–H groups in total. The van der Waals surface area contributed by atoms with Gasteiger partial charge in [0, 0.05) is 37.6 Å². The van der Waals surface area contributed by atoms with Crippen molar-refractivity contribution in [1.82, 2.24) is 14.5 Å². The third-order valence-corrected chi connectivity index (χ3v) is 4.05. The Labute approximate surface area is 154 Å². The molecule has 27 heavy (non-hydrogen) atoms. The molecule has 0 spiro atoms. The standard InChI is InChI=1S/C17H20F3N5O2/c1-11(9-15-22-7-8-25(15)10-14(21)26)24(2)16(27)23-13-5-3-12(4-6-13)17(18,19)20/h3-8,11H,9-10H2,1-2H3,(H2,21,26)(H,23,27)/t11-/m0/s1. The van der Waals surface area contributed by atoms with Crippen LogP contribution in [0.4, 0.5) is 23.7 Å². The van der Waals surface area contributed by atoms with E-state index in [0.717, 1.165) is 12.1 Å². The lowest BCUT2D eigenvalue weighted by Crippen LogP contribution is -2.40. The average Bonchev–Trinajstić information content (AvgIpc) is 2.99. The number of primary amides is 1. The number of anilines is 1. The number of rotatable bonds is 6. The number of nitrogens with two attached hydrogens (primary N) is 1. The highest BCUT2D eigenvalue weighted by molar-refractivity contribution is 5.89. The molecule has 10 heteroatoms. The first kappa shape index (κ1) is 20.3. The SMILES string of the molecule is C[C@@H](Cc1nccn1CC(N)=O)N(C)C(=O)Nc1ccc(C(F)(F)F)cc1. The molecule has 7 nitrogen and oxygen atoms in total. The molecule has 0 saturated carbocycles. The molecule has 0 saturated heterocycles. The lowest BCUT2D eigenvalue weighted by atomic mass is 10.2. The molecule has 146 valence electrons. The first-order valence-electron chi connectivity index (χ1n) is 8.07. The molecule has 2 rings (SSSR count). The molecule has 1 atom stereocenters. The Morgan fingerprint density at radius 1 is 1.30 bits per heavy atom. The summed E-state index contributed by atoms with van der Waals surface area (Å²) in [5.74, 6) is 0.0887. The van der Waals surface area contributed by atoms with Crippen molar-refractivity contribution in [3.8, 4) is 0 Å². The number of halogens is 3. The summed E-state index contributed by atoms with van der Waals surface area (Å²) in [6.07, 6.45) is -0.903. The Hall–Kier alpha value is -3.04. The summed E-state index contributed by atoms with van der Waals surface area (Å²) in [4.78, 5) is 28.9. The third kappa shape index (κ3) is 5.47. The van der Waals surface area contributed by atoms with Gasteiger partial charge in [-0.15, -0.1) is 0 Å². The number of nitrogens with one attached hydrogen (secondary N) is 1. The number of carbonyl (C=O) groups is 2. The molecular weight excluding hydrogens is 363 g/mol. The van der Waals surface area contributed by atoms with Gasteiger partial charge in [0.25, 0.3) is 0 Å². The van der Waals surface area contributed by atoms with Gasteiger partial charge >= 0.3 is 12.2 Å². The second-order valence-corrected chi connectivity index (χ2v) is 6.11. The third-order valence-electron chi connectivity index (χ3n) is 4.05. The summed E-state index contributed by atoms with van der Waals surface area (Å²) in [5, 5.41) is 2.55. The van der Waals surface area contributed by atoms with Gasteiger partial charge < -0.3 is 20.5 Å². The molecule has 0 aliphatic rings. The van der Waals surface area contributed by atoms with E-state index in [1.807, 2.05) is 0 Å². The Kier molecular flexibility index (Phi) is 6.09. The first-order chi connectivity index (χ1) is 12.6. The summed E-state index contributed by atoms with van der Waals surface area (Å²) in [5.41, 5.74) is 4.65. The summed E-state index contributed by atoms with van der Waals surface area (Å²) in [6.45, 7) is 1.78. The number of urea groups is 1. The Bertz CT molecular complexity index is 802. The van der Waals surface area contributed by atoms with Crippen molar-refractivity contribution in [3.63, 3.8) is 0 Å². The van der Waals surface area contributed by atoms with E-state index in [0.29, 0.717) is 12.2 Å². The molecule has 3 amide bonds. The summed E-state index contributed by atoms with van der Waals surface area (Å²) >= 11 is 0. The zero-order chi connectivity index (χ0) is 20.2. The largest absolute Gasteiger partial charge is 0.416 e. The van der Waals surface area contributed by atoms with Crippen molar-refractivity contribution >= 4 is 17.6 Å². The van der Waals surface area contributed by atoms with Crippen LogP contribution < -0.4 is 11.1 Å². The highest BCUT2D eigenvalue weighted by Gasteiger charge is 2.30. The molecule has 1 aromatic heterocycles. The maximum atomic E-state index is 12.6. The molecule has 0 radical (unpaired) electrons. The number of likely N-dealkylation sites (N-methyl/N-ethyl adjacent to an activating group) is 1. The zero-order valence-corrected chi connectivity index (χ0v) is 14.8. The smallest absolute Gasteiger partial charge is 0.368 e. The van der Waals surface area contributed by atoms with Crippen LogP contribution in [0.25, 0.3) is 0 Å². The van der Waals surface area contributed by atoms with Gasteiger partial charge in [-0.2, -0.15) is 13.2 Å². The number of aromatic nitrogens is 2. The topological polar surface area (TPSA) is 93.2 Å². The van der Waals surface area contributed by atoms with Gasteiger partial charge in [-0.1, -0.05) is 0 Å². The van der Waals surface area contributed by atoms with Crippen molar-refractivity contribution in [1.29, 1.82) is 0 Å². The normalized spacial score (nSPS) is 12.5. The van der Waals surface area contributed by atoms with E-state index in [2.05, 4.69) is 10.3 Å². The molecule has 0 aliphatic heterocycles. The van der Waals surface area contributed by atoms with E-state index in [9.17, 15) is 22.8 Å². The molecule has 0 aliphatic carbocycles. The number of hydrogen-bond donors (Lipinski definition) is 2. The van der Waals surface area contributed by atoms with Gasteiger partial charge in [-0.3, -0.25) is 4.79 Å². The van der Waals surface area contributed by atoms with E-state index in [1.165, 1.54) is 23.2 Å². The summed E-state index contributed by atoms with van der Waals surface area (Å²) in [7, 11) is 1.56. The van der Waals surface area contributed by atoms with Crippen LogP contribution in [0, 0.1) is 0 Å². The second kappa shape index (κ2) is 8.11. The second-order valence-electron chi connectivity index (χ2n) is 6.11. The molecule has 2 aromatic rings. The van der Waals surface area contributed by atoms with E-state index in [4.69, 9.17) is 5.73 Å². The van der Waals surface area contributed by atoms with Crippen LogP contribution >= 0.6 is 0 Å². The number of imidazole rings is 1. The lowest BCUT2D eigenvalue weighted by molar-refractivity contribution is -0.137. The molecule has 0 bridgehead atoms. The Morgan fingerprint density at radius 3 is 2.48 bits per heavy atom. The summed E-state index contributed by atoms with van der Waals surface area (Å²) < 4.78 is 39.3. The van der Waals surface area contributed by atoms with Gasteiger partial charge in [0.1, 0.15) is 12.4 Å². The maximum absolute atomic E-state index is 12.6. The van der Waals surface area contributed by atoms with Gasteiger partial charge in [0.15, 0.2) is 0 Å². The maximum Gasteiger partial charge on any atom is 0.416 e. The molecule has 1 heterocycles. The molecular formula is C17H20F3N5O2. The van der Waals surface area contributed by atoms with E-state index in [-0.39, 0.29) is 18.3 Å². The van der Waals surface area contributed by atoms with Crippen LogP contribution in [0.5, 0.6) is 0 Å². The fraction of sp³-hybridized carbons (Fsp3) is 0.353. The molecule has 0 fully saturated rings. The number of alkyl halides is 3. The van der Waals surface area contributed by atoms with Crippen molar-refractivity contribution < 1.29 is 22.8 Å². The molecule has 0 unspecified atom stereocenters. The fourth-order valence-electron chi connectivity index (χ4n) is 2.40. The minimum Gasteiger partial charge on any atom is -0.368 e. The predicted molar refractivity (Wildman–Crippen MR) is 92.8 cm³/mol. The van der Waals surface area contributed by atoms with E-state index in [1.54, 1.807) is 24.7 Å². The Morgan fingerprint density at radius 2 is 1.93 bits per heavy atom. The molecule has 1 aromatic carbocycles.